The minimum Gasteiger partial charge on any atom is -0.492 e. The van der Waals surface area contributed by atoms with E-state index in [1.165, 1.54) is 0 Å². The van der Waals surface area contributed by atoms with Gasteiger partial charge in [-0.2, -0.15) is 0 Å². The first-order chi connectivity index (χ1) is 9.26. The summed E-state index contributed by atoms with van der Waals surface area (Å²) in [7, 11) is 0. The number of aromatic hydroxyl groups is 1. The van der Waals surface area contributed by atoms with E-state index in [0.29, 0.717) is 30.4 Å². The van der Waals surface area contributed by atoms with E-state index >= 15 is 0 Å². The van der Waals surface area contributed by atoms with Crippen molar-refractivity contribution >= 4 is 22.0 Å². The predicted molar refractivity (Wildman–Crippen MR) is 78.8 cm³/mol. The summed E-state index contributed by atoms with van der Waals surface area (Å²) in [6.07, 6.45) is 1.03. The number of ether oxygens (including phenoxy) is 1. The standard InChI is InChI=1S/C14H19BrN2O3/c1-14(2,3)20-13(19)17-6-4-9-8-10(15)12(18)16-11(9)5-7-17/h8H,4-7H2,1-3H3,(H,16,18). The van der Waals surface area contributed by atoms with Gasteiger partial charge in [-0.15, -0.1) is 0 Å². The summed E-state index contributed by atoms with van der Waals surface area (Å²) >= 11 is 3.27. The third-order valence-corrected chi connectivity index (χ3v) is 3.63. The Morgan fingerprint density at radius 1 is 1.40 bits per heavy atom. The van der Waals surface area contributed by atoms with Crippen molar-refractivity contribution in [3.63, 3.8) is 0 Å². The Morgan fingerprint density at radius 3 is 2.70 bits per heavy atom. The van der Waals surface area contributed by atoms with E-state index in [1.807, 2.05) is 26.8 Å². The van der Waals surface area contributed by atoms with Crippen LogP contribution in [0, 0.1) is 0 Å². The number of halogens is 1. The summed E-state index contributed by atoms with van der Waals surface area (Å²) in [5.41, 5.74) is 1.41. The van der Waals surface area contributed by atoms with E-state index < -0.39 is 5.60 Å². The maximum absolute atomic E-state index is 12.1. The highest BCUT2D eigenvalue weighted by Crippen LogP contribution is 2.26. The molecule has 5 nitrogen and oxygen atoms in total. The van der Waals surface area contributed by atoms with Crippen LogP contribution in [-0.4, -0.2) is 39.8 Å². The number of amides is 1. The molecule has 1 aliphatic rings. The van der Waals surface area contributed by atoms with Crippen molar-refractivity contribution in [1.29, 1.82) is 0 Å². The Kier molecular flexibility index (Phi) is 4.22. The summed E-state index contributed by atoms with van der Waals surface area (Å²) < 4.78 is 5.97. The molecule has 2 rings (SSSR count). The first-order valence-corrected chi connectivity index (χ1v) is 7.41. The second-order valence-electron chi connectivity index (χ2n) is 5.87. The molecular formula is C14H19BrN2O3. The van der Waals surface area contributed by atoms with Crippen LogP contribution in [0.3, 0.4) is 0 Å². The Morgan fingerprint density at radius 2 is 2.05 bits per heavy atom. The van der Waals surface area contributed by atoms with Crippen molar-refractivity contribution in [2.75, 3.05) is 13.1 Å². The molecule has 1 amide bonds. The Bertz CT molecular complexity index is 493. The molecule has 0 spiro atoms. The summed E-state index contributed by atoms with van der Waals surface area (Å²) in [6, 6.07) is 1.87. The lowest BCUT2D eigenvalue weighted by Crippen LogP contribution is -2.38. The monoisotopic (exact) mass is 342 g/mol. The van der Waals surface area contributed by atoms with Crippen molar-refractivity contribution in [3.8, 4) is 5.88 Å². The molecule has 1 aromatic heterocycles. The molecule has 1 N–H and O–H groups in total. The van der Waals surface area contributed by atoms with E-state index in [-0.39, 0.29) is 12.0 Å². The Labute approximate surface area is 127 Å². The number of nitrogens with zero attached hydrogens (tertiary/aromatic N) is 2. The highest BCUT2D eigenvalue weighted by atomic mass is 79.9. The number of aromatic nitrogens is 1. The SMILES string of the molecule is CC(C)(C)OC(=O)N1CCc2cc(Br)c(O)nc2CC1. The van der Waals surface area contributed by atoms with Gasteiger partial charge in [0.15, 0.2) is 0 Å². The van der Waals surface area contributed by atoms with Gasteiger partial charge in [0.1, 0.15) is 5.60 Å². The van der Waals surface area contributed by atoms with Gasteiger partial charge in [0.25, 0.3) is 0 Å². The van der Waals surface area contributed by atoms with Gasteiger partial charge in [0.2, 0.25) is 5.88 Å². The highest BCUT2D eigenvalue weighted by molar-refractivity contribution is 9.10. The molecule has 0 atom stereocenters. The van der Waals surface area contributed by atoms with E-state index in [4.69, 9.17) is 4.74 Å². The topological polar surface area (TPSA) is 62.7 Å². The lowest BCUT2D eigenvalue weighted by Gasteiger charge is -2.26. The van der Waals surface area contributed by atoms with Crippen LogP contribution in [0.5, 0.6) is 5.88 Å². The van der Waals surface area contributed by atoms with Crippen molar-refractivity contribution in [3.05, 3.63) is 21.8 Å². The number of carbonyl (C=O) groups is 1. The highest BCUT2D eigenvalue weighted by Gasteiger charge is 2.25. The fourth-order valence-corrected chi connectivity index (χ4v) is 2.47. The van der Waals surface area contributed by atoms with Crippen LogP contribution in [0.2, 0.25) is 0 Å². The van der Waals surface area contributed by atoms with Gasteiger partial charge in [0, 0.05) is 25.2 Å². The van der Waals surface area contributed by atoms with Crippen LogP contribution >= 0.6 is 15.9 Å². The van der Waals surface area contributed by atoms with Gasteiger partial charge in [-0.1, -0.05) is 0 Å². The van der Waals surface area contributed by atoms with E-state index in [9.17, 15) is 9.90 Å². The molecule has 20 heavy (non-hydrogen) atoms. The number of hydrogen-bond donors (Lipinski definition) is 1. The van der Waals surface area contributed by atoms with Gasteiger partial charge in [-0.05, 0) is 54.8 Å². The van der Waals surface area contributed by atoms with Crippen molar-refractivity contribution in [1.82, 2.24) is 9.88 Å². The smallest absolute Gasteiger partial charge is 0.410 e. The molecule has 0 fully saturated rings. The molecule has 2 heterocycles. The quantitative estimate of drug-likeness (QED) is 0.787. The number of fused-ring (bicyclic) bond motifs is 1. The maximum atomic E-state index is 12.1. The molecule has 0 unspecified atom stereocenters. The van der Waals surface area contributed by atoms with Crippen LogP contribution in [0.4, 0.5) is 4.79 Å². The van der Waals surface area contributed by atoms with E-state index in [2.05, 4.69) is 20.9 Å². The number of rotatable bonds is 0. The minimum absolute atomic E-state index is 0.00512. The third-order valence-electron chi connectivity index (χ3n) is 3.05. The lowest BCUT2D eigenvalue weighted by molar-refractivity contribution is 0.0258. The molecule has 0 bridgehead atoms. The average molecular weight is 343 g/mol. The van der Waals surface area contributed by atoms with Gasteiger partial charge >= 0.3 is 6.09 Å². The third kappa shape index (κ3) is 3.62. The molecule has 6 heteroatoms. The van der Waals surface area contributed by atoms with Crippen LogP contribution < -0.4 is 0 Å². The van der Waals surface area contributed by atoms with Gasteiger partial charge in [-0.3, -0.25) is 0 Å². The summed E-state index contributed by atoms with van der Waals surface area (Å²) in [6.45, 7) is 6.72. The number of pyridine rings is 1. The second kappa shape index (κ2) is 5.60. The zero-order chi connectivity index (χ0) is 14.9. The summed E-state index contributed by atoms with van der Waals surface area (Å²) in [5.74, 6) is -0.00512. The average Bonchev–Trinajstić information content (AvgIpc) is 2.50. The maximum Gasteiger partial charge on any atom is 0.410 e. The molecule has 0 saturated carbocycles. The van der Waals surface area contributed by atoms with Crippen LogP contribution in [0.1, 0.15) is 32.0 Å². The number of hydrogen-bond acceptors (Lipinski definition) is 4. The zero-order valence-electron chi connectivity index (χ0n) is 11.9. The van der Waals surface area contributed by atoms with Crippen molar-refractivity contribution in [2.45, 2.75) is 39.2 Å². The fourth-order valence-electron chi connectivity index (χ4n) is 2.10. The first kappa shape index (κ1) is 15.1. The van der Waals surface area contributed by atoms with Gasteiger partial charge in [0.05, 0.1) is 4.47 Å². The van der Waals surface area contributed by atoms with Gasteiger partial charge < -0.3 is 14.7 Å². The summed E-state index contributed by atoms with van der Waals surface area (Å²) in [5, 5.41) is 9.63. The molecule has 0 aliphatic carbocycles. The van der Waals surface area contributed by atoms with Crippen LogP contribution in [0.25, 0.3) is 0 Å². The first-order valence-electron chi connectivity index (χ1n) is 6.61. The normalized spacial score (nSPS) is 15.5. The van der Waals surface area contributed by atoms with E-state index in [1.54, 1.807) is 4.90 Å². The molecule has 0 aromatic carbocycles. The van der Waals surface area contributed by atoms with Crippen LogP contribution in [-0.2, 0) is 17.6 Å². The minimum atomic E-state index is -0.490. The molecule has 110 valence electrons. The fraction of sp³-hybridized carbons (Fsp3) is 0.571. The van der Waals surface area contributed by atoms with Crippen molar-refractivity contribution in [2.24, 2.45) is 0 Å². The van der Waals surface area contributed by atoms with Crippen molar-refractivity contribution < 1.29 is 14.6 Å². The molecular weight excluding hydrogens is 324 g/mol. The Hall–Kier alpha value is -1.30. The zero-order valence-corrected chi connectivity index (χ0v) is 13.5. The molecule has 0 radical (unpaired) electrons. The molecule has 0 saturated heterocycles. The van der Waals surface area contributed by atoms with E-state index in [0.717, 1.165) is 11.3 Å². The summed E-state index contributed by atoms with van der Waals surface area (Å²) in [4.78, 5) is 17.9. The largest absolute Gasteiger partial charge is 0.492 e. The van der Waals surface area contributed by atoms with Crippen LogP contribution in [0.15, 0.2) is 10.5 Å². The number of carbonyl (C=O) groups excluding carboxylic acids is 1. The predicted octanol–water partition coefficient (Wildman–Crippen LogP) is 2.89. The Balaban J connectivity index is 2.10. The molecule has 1 aromatic rings. The van der Waals surface area contributed by atoms with Gasteiger partial charge in [-0.25, -0.2) is 9.78 Å². The lowest BCUT2D eigenvalue weighted by atomic mass is 10.1. The molecule has 1 aliphatic heterocycles. The second-order valence-corrected chi connectivity index (χ2v) is 6.72.